The molecular formula is C18H16FN7O. The van der Waals surface area contributed by atoms with Gasteiger partial charge >= 0.3 is 0 Å². The summed E-state index contributed by atoms with van der Waals surface area (Å²) in [6.07, 6.45) is 4.27. The van der Waals surface area contributed by atoms with Gasteiger partial charge in [-0.05, 0) is 25.0 Å². The first-order valence-electron chi connectivity index (χ1n) is 8.38. The smallest absolute Gasteiger partial charge is 0.158 e. The van der Waals surface area contributed by atoms with Gasteiger partial charge in [-0.2, -0.15) is 10.4 Å². The van der Waals surface area contributed by atoms with Gasteiger partial charge in [-0.3, -0.25) is 5.10 Å². The van der Waals surface area contributed by atoms with Crippen LogP contribution in [0.3, 0.4) is 0 Å². The summed E-state index contributed by atoms with van der Waals surface area (Å²) in [6.45, 7) is 0. The highest BCUT2D eigenvalue weighted by Gasteiger charge is 2.29. The lowest BCUT2D eigenvalue weighted by Crippen LogP contribution is -2.43. The third-order valence-electron chi connectivity index (χ3n) is 4.27. The van der Waals surface area contributed by atoms with Crippen LogP contribution in [0.5, 0.6) is 5.75 Å². The van der Waals surface area contributed by atoms with Gasteiger partial charge in [0.05, 0.1) is 23.7 Å². The summed E-state index contributed by atoms with van der Waals surface area (Å²) >= 11 is 0. The number of H-pyrrole nitrogens is 1. The molecule has 2 aromatic heterocycles. The van der Waals surface area contributed by atoms with Crippen molar-refractivity contribution in [2.75, 3.05) is 5.32 Å². The van der Waals surface area contributed by atoms with Crippen molar-refractivity contribution in [3.63, 3.8) is 0 Å². The van der Waals surface area contributed by atoms with Gasteiger partial charge in [0.25, 0.3) is 0 Å². The number of nitrogens with zero attached hydrogens (tertiary/aromatic N) is 4. The van der Waals surface area contributed by atoms with Crippen LogP contribution in [0, 0.1) is 17.1 Å². The summed E-state index contributed by atoms with van der Waals surface area (Å²) in [5.41, 5.74) is 6.78. The molecule has 1 aliphatic rings. The van der Waals surface area contributed by atoms with Crippen LogP contribution in [0.25, 0.3) is 11.3 Å². The van der Waals surface area contributed by atoms with Gasteiger partial charge in [0.1, 0.15) is 29.6 Å². The van der Waals surface area contributed by atoms with E-state index in [-0.39, 0.29) is 17.8 Å². The zero-order valence-electron chi connectivity index (χ0n) is 14.2. The molecular weight excluding hydrogens is 349 g/mol. The molecule has 27 heavy (non-hydrogen) atoms. The molecule has 4 rings (SSSR count). The predicted octanol–water partition coefficient (Wildman–Crippen LogP) is 2.49. The number of halogens is 1. The molecule has 4 N–H and O–H groups in total. The SMILES string of the molecule is N#Cc1cnc(Nc2cc(-c3c(F)cccc3OC3CC(N)C3)[nH]n2)cn1. The Bertz CT molecular complexity index is 990. The molecule has 1 aromatic carbocycles. The molecule has 136 valence electrons. The molecule has 0 saturated heterocycles. The maximum absolute atomic E-state index is 14.5. The van der Waals surface area contributed by atoms with Gasteiger partial charge in [0.2, 0.25) is 0 Å². The van der Waals surface area contributed by atoms with Gasteiger partial charge in [0, 0.05) is 12.1 Å². The van der Waals surface area contributed by atoms with E-state index in [2.05, 4.69) is 25.5 Å². The molecule has 3 aromatic rings. The Kier molecular flexibility index (Phi) is 4.40. The number of ether oxygens (including phenoxy) is 1. The Morgan fingerprint density at radius 3 is 2.81 bits per heavy atom. The molecule has 0 spiro atoms. The van der Waals surface area contributed by atoms with Crippen molar-refractivity contribution >= 4 is 11.6 Å². The van der Waals surface area contributed by atoms with E-state index in [1.54, 1.807) is 18.2 Å². The van der Waals surface area contributed by atoms with E-state index < -0.39 is 5.82 Å². The van der Waals surface area contributed by atoms with E-state index in [4.69, 9.17) is 15.7 Å². The second kappa shape index (κ2) is 7.01. The molecule has 1 fully saturated rings. The Balaban J connectivity index is 1.56. The molecule has 1 saturated carbocycles. The standard InChI is InChI=1S/C18H16FN7O/c19-13-2-1-3-15(27-12-4-10(21)5-12)18(13)14-6-16(26-25-14)24-17-9-22-11(7-20)8-23-17/h1-3,6,8-10,12H,4-5,21H2,(H2,23,24,25,26). The molecule has 8 nitrogen and oxygen atoms in total. The third kappa shape index (κ3) is 3.56. The van der Waals surface area contributed by atoms with Crippen molar-refractivity contribution in [1.29, 1.82) is 5.26 Å². The van der Waals surface area contributed by atoms with Crippen LogP contribution >= 0.6 is 0 Å². The molecule has 0 atom stereocenters. The number of aromatic nitrogens is 4. The highest BCUT2D eigenvalue weighted by molar-refractivity contribution is 5.71. The fourth-order valence-electron chi connectivity index (χ4n) is 2.84. The van der Waals surface area contributed by atoms with E-state index in [1.807, 2.05) is 6.07 Å². The van der Waals surface area contributed by atoms with Gasteiger partial charge in [-0.25, -0.2) is 14.4 Å². The summed E-state index contributed by atoms with van der Waals surface area (Å²) in [4.78, 5) is 7.99. The van der Waals surface area contributed by atoms with Crippen molar-refractivity contribution < 1.29 is 9.13 Å². The lowest BCUT2D eigenvalue weighted by molar-refractivity contribution is 0.101. The summed E-state index contributed by atoms with van der Waals surface area (Å²) in [5.74, 6) is 0.883. The van der Waals surface area contributed by atoms with Gasteiger partial charge in [-0.1, -0.05) is 6.07 Å². The van der Waals surface area contributed by atoms with Gasteiger partial charge in [-0.15, -0.1) is 0 Å². The number of benzene rings is 1. The molecule has 2 heterocycles. The molecule has 0 unspecified atom stereocenters. The second-order valence-corrected chi connectivity index (χ2v) is 6.27. The van der Waals surface area contributed by atoms with Crippen LogP contribution in [0.4, 0.5) is 16.0 Å². The van der Waals surface area contributed by atoms with Crippen molar-refractivity contribution in [3.05, 3.63) is 48.2 Å². The van der Waals surface area contributed by atoms with Crippen LogP contribution in [0.2, 0.25) is 0 Å². The minimum absolute atomic E-state index is 0.00464. The monoisotopic (exact) mass is 365 g/mol. The van der Waals surface area contributed by atoms with Gasteiger partial charge in [0.15, 0.2) is 11.5 Å². The van der Waals surface area contributed by atoms with Crippen LogP contribution in [0.1, 0.15) is 18.5 Å². The van der Waals surface area contributed by atoms with Crippen molar-refractivity contribution in [1.82, 2.24) is 20.2 Å². The van der Waals surface area contributed by atoms with Crippen LogP contribution in [-0.4, -0.2) is 32.3 Å². The van der Waals surface area contributed by atoms with Gasteiger partial charge < -0.3 is 15.8 Å². The number of hydrogen-bond donors (Lipinski definition) is 3. The summed E-state index contributed by atoms with van der Waals surface area (Å²) in [7, 11) is 0. The average Bonchev–Trinajstić information content (AvgIpc) is 3.09. The molecule has 9 heteroatoms. The molecule has 0 aliphatic heterocycles. The second-order valence-electron chi connectivity index (χ2n) is 6.27. The number of anilines is 2. The molecule has 0 bridgehead atoms. The van der Waals surface area contributed by atoms with Crippen molar-refractivity contribution in [2.45, 2.75) is 25.0 Å². The zero-order valence-corrected chi connectivity index (χ0v) is 14.2. The molecule has 0 amide bonds. The fourth-order valence-corrected chi connectivity index (χ4v) is 2.84. The average molecular weight is 365 g/mol. The normalized spacial score (nSPS) is 18.4. The highest BCUT2D eigenvalue weighted by Crippen LogP contribution is 2.35. The number of nitrogens with two attached hydrogens (primary N) is 1. The largest absolute Gasteiger partial charge is 0.489 e. The third-order valence-corrected chi connectivity index (χ3v) is 4.27. The highest BCUT2D eigenvalue weighted by atomic mass is 19.1. The Labute approximate surface area is 154 Å². The predicted molar refractivity (Wildman–Crippen MR) is 95.6 cm³/mol. The molecule has 1 aliphatic carbocycles. The Morgan fingerprint density at radius 2 is 2.11 bits per heavy atom. The Hall–Kier alpha value is -3.51. The first-order valence-corrected chi connectivity index (χ1v) is 8.38. The lowest BCUT2D eigenvalue weighted by Gasteiger charge is -2.33. The minimum atomic E-state index is -0.413. The summed E-state index contributed by atoms with van der Waals surface area (Å²) in [6, 6.07) is 8.39. The summed E-state index contributed by atoms with van der Waals surface area (Å²) in [5, 5.41) is 18.6. The van der Waals surface area contributed by atoms with E-state index in [0.717, 1.165) is 12.8 Å². The molecule has 0 radical (unpaired) electrons. The maximum Gasteiger partial charge on any atom is 0.158 e. The van der Waals surface area contributed by atoms with E-state index in [9.17, 15) is 4.39 Å². The minimum Gasteiger partial charge on any atom is -0.489 e. The number of aromatic amines is 1. The number of hydrogen-bond acceptors (Lipinski definition) is 7. The van der Waals surface area contributed by atoms with Crippen molar-refractivity contribution in [3.8, 4) is 23.1 Å². The number of nitrogens with one attached hydrogen (secondary N) is 2. The quantitative estimate of drug-likeness (QED) is 0.634. The topological polar surface area (TPSA) is 126 Å². The Morgan fingerprint density at radius 1 is 1.26 bits per heavy atom. The van der Waals surface area contributed by atoms with E-state index in [0.29, 0.717) is 28.6 Å². The first-order chi connectivity index (χ1) is 13.1. The van der Waals surface area contributed by atoms with Crippen molar-refractivity contribution in [2.24, 2.45) is 5.73 Å². The number of rotatable bonds is 5. The van der Waals surface area contributed by atoms with E-state index in [1.165, 1.54) is 18.5 Å². The van der Waals surface area contributed by atoms with Crippen LogP contribution in [0.15, 0.2) is 36.7 Å². The van der Waals surface area contributed by atoms with Crippen LogP contribution < -0.4 is 15.8 Å². The lowest BCUT2D eigenvalue weighted by atomic mass is 9.90. The van der Waals surface area contributed by atoms with E-state index >= 15 is 0 Å². The first kappa shape index (κ1) is 16.9. The zero-order chi connectivity index (χ0) is 18.8. The van der Waals surface area contributed by atoms with Crippen LogP contribution in [-0.2, 0) is 0 Å². The fraction of sp³-hybridized carbons (Fsp3) is 0.222. The number of nitriles is 1. The summed E-state index contributed by atoms with van der Waals surface area (Å²) < 4.78 is 20.4. The maximum atomic E-state index is 14.5.